The van der Waals surface area contributed by atoms with Gasteiger partial charge in [-0.3, -0.25) is 5.10 Å². The predicted molar refractivity (Wildman–Crippen MR) is 74.7 cm³/mol. The van der Waals surface area contributed by atoms with Crippen molar-refractivity contribution in [2.24, 2.45) is 0 Å². The van der Waals surface area contributed by atoms with Gasteiger partial charge < -0.3 is 9.67 Å². The first-order chi connectivity index (χ1) is 9.56. The van der Waals surface area contributed by atoms with Crippen LogP contribution in [0, 0.1) is 0 Å². The lowest BCUT2D eigenvalue weighted by atomic mass is 10.1. The molecule has 0 radical (unpaired) electrons. The first-order valence-electron chi connectivity index (χ1n) is 6.32. The number of carboxylic acids is 1. The summed E-state index contributed by atoms with van der Waals surface area (Å²) in [4.78, 5) is 15.2. The Balaban J connectivity index is 2.06. The number of benzene rings is 1. The number of carboxylic acid groups (broad SMARTS) is 1. The maximum Gasteiger partial charge on any atom is 0.353 e. The molecular formula is C14H14N4O2. The molecule has 3 aromatic rings. The molecular weight excluding hydrogens is 256 g/mol. The second-order valence-electron chi connectivity index (χ2n) is 4.92. The van der Waals surface area contributed by atoms with Gasteiger partial charge in [-0.2, -0.15) is 5.10 Å². The van der Waals surface area contributed by atoms with Crippen LogP contribution in [0.2, 0.25) is 0 Å². The number of H-pyrrole nitrogens is 1. The molecule has 2 aromatic heterocycles. The average Bonchev–Trinajstić information content (AvgIpc) is 3.04. The SMILES string of the molecule is CC(C)n1cnc2cc(-c3cc(C(=O)O)[nH]n3)ccc21. The molecule has 0 aliphatic heterocycles. The van der Waals surface area contributed by atoms with Gasteiger partial charge in [0.1, 0.15) is 5.69 Å². The highest BCUT2D eigenvalue weighted by molar-refractivity contribution is 5.88. The molecule has 0 bridgehead atoms. The molecule has 0 atom stereocenters. The van der Waals surface area contributed by atoms with Crippen LogP contribution in [0.1, 0.15) is 30.4 Å². The summed E-state index contributed by atoms with van der Waals surface area (Å²) in [6.07, 6.45) is 1.81. The number of hydrogen-bond acceptors (Lipinski definition) is 3. The smallest absolute Gasteiger partial charge is 0.353 e. The van der Waals surface area contributed by atoms with Gasteiger partial charge in [-0.15, -0.1) is 0 Å². The first-order valence-corrected chi connectivity index (χ1v) is 6.32. The van der Waals surface area contributed by atoms with E-state index in [0.717, 1.165) is 16.6 Å². The molecule has 0 fully saturated rings. The van der Waals surface area contributed by atoms with E-state index in [0.29, 0.717) is 11.7 Å². The second-order valence-corrected chi connectivity index (χ2v) is 4.92. The van der Waals surface area contributed by atoms with Crippen LogP contribution in [0.15, 0.2) is 30.6 Å². The largest absolute Gasteiger partial charge is 0.477 e. The molecule has 3 rings (SSSR count). The highest BCUT2D eigenvalue weighted by Gasteiger charge is 2.11. The normalized spacial score (nSPS) is 11.3. The zero-order valence-corrected chi connectivity index (χ0v) is 11.2. The van der Waals surface area contributed by atoms with E-state index < -0.39 is 5.97 Å². The Morgan fingerprint density at radius 1 is 1.35 bits per heavy atom. The number of hydrogen-bond donors (Lipinski definition) is 2. The van der Waals surface area contributed by atoms with Crippen LogP contribution < -0.4 is 0 Å². The molecule has 2 heterocycles. The van der Waals surface area contributed by atoms with E-state index in [-0.39, 0.29) is 5.69 Å². The fraction of sp³-hybridized carbons (Fsp3) is 0.214. The Morgan fingerprint density at radius 3 is 2.80 bits per heavy atom. The van der Waals surface area contributed by atoms with E-state index in [9.17, 15) is 4.79 Å². The number of rotatable bonds is 3. The molecule has 6 heteroatoms. The molecule has 20 heavy (non-hydrogen) atoms. The van der Waals surface area contributed by atoms with E-state index >= 15 is 0 Å². The lowest BCUT2D eigenvalue weighted by Crippen LogP contribution is -1.97. The molecule has 0 saturated carbocycles. The third-order valence-electron chi connectivity index (χ3n) is 3.24. The van der Waals surface area contributed by atoms with Crippen LogP contribution in [-0.4, -0.2) is 30.8 Å². The average molecular weight is 270 g/mol. The fourth-order valence-electron chi connectivity index (χ4n) is 2.18. The minimum absolute atomic E-state index is 0.0767. The van der Waals surface area contributed by atoms with Crippen LogP contribution in [-0.2, 0) is 0 Å². The van der Waals surface area contributed by atoms with Crippen molar-refractivity contribution in [2.45, 2.75) is 19.9 Å². The number of aromatic amines is 1. The topological polar surface area (TPSA) is 83.8 Å². The summed E-state index contributed by atoms with van der Waals surface area (Å²) in [5, 5.41) is 15.4. The van der Waals surface area contributed by atoms with Gasteiger partial charge >= 0.3 is 5.97 Å². The minimum atomic E-state index is -1.02. The maximum atomic E-state index is 10.8. The van der Waals surface area contributed by atoms with E-state index in [4.69, 9.17) is 5.11 Å². The zero-order chi connectivity index (χ0) is 14.3. The van der Waals surface area contributed by atoms with Crippen LogP contribution in [0.5, 0.6) is 0 Å². The quantitative estimate of drug-likeness (QED) is 0.766. The monoisotopic (exact) mass is 270 g/mol. The van der Waals surface area contributed by atoms with E-state index in [2.05, 4.69) is 33.6 Å². The third-order valence-corrected chi connectivity index (χ3v) is 3.24. The minimum Gasteiger partial charge on any atom is -0.477 e. The van der Waals surface area contributed by atoms with Crippen LogP contribution in [0.4, 0.5) is 0 Å². The number of fused-ring (bicyclic) bond motifs is 1. The second kappa shape index (κ2) is 4.48. The highest BCUT2D eigenvalue weighted by Crippen LogP contribution is 2.24. The third kappa shape index (κ3) is 1.95. The molecule has 0 spiro atoms. The van der Waals surface area contributed by atoms with E-state index in [1.165, 1.54) is 6.07 Å². The van der Waals surface area contributed by atoms with Gasteiger partial charge in [0.25, 0.3) is 0 Å². The molecule has 6 nitrogen and oxygen atoms in total. The van der Waals surface area contributed by atoms with Crippen LogP contribution in [0.25, 0.3) is 22.3 Å². The molecule has 0 amide bonds. The summed E-state index contributed by atoms with van der Waals surface area (Å²) in [6.45, 7) is 4.20. The molecule has 102 valence electrons. The Bertz CT molecular complexity index is 785. The Morgan fingerprint density at radius 2 is 2.15 bits per heavy atom. The van der Waals surface area contributed by atoms with Crippen molar-refractivity contribution in [1.82, 2.24) is 19.7 Å². The van der Waals surface area contributed by atoms with Gasteiger partial charge in [0.2, 0.25) is 0 Å². The molecule has 0 unspecified atom stereocenters. The van der Waals surface area contributed by atoms with Crippen molar-refractivity contribution in [2.75, 3.05) is 0 Å². The number of aromatic carboxylic acids is 1. The molecule has 0 aliphatic carbocycles. The van der Waals surface area contributed by atoms with Gasteiger partial charge in [-0.1, -0.05) is 6.07 Å². The first kappa shape index (κ1) is 12.4. The Hall–Kier alpha value is -2.63. The molecule has 0 aliphatic rings. The molecule has 1 aromatic carbocycles. The van der Waals surface area contributed by atoms with Gasteiger partial charge in [0.05, 0.1) is 23.1 Å². The predicted octanol–water partition coefficient (Wildman–Crippen LogP) is 2.71. The summed E-state index contributed by atoms with van der Waals surface area (Å²) in [5.74, 6) is -1.02. The van der Waals surface area contributed by atoms with Crippen molar-refractivity contribution < 1.29 is 9.90 Å². The summed E-state index contributed by atoms with van der Waals surface area (Å²) in [5.41, 5.74) is 3.44. The number of nitrogens with one attached hydrogen (secondary N) is 1. The van der Waals surface area contributed by atoms with Crippen LogP contribution >= 0.6 is 0 Å². The van der Waals surface area contributed by atoms with Crippen molar-refractivity contribution in [3.05, 3.63) is 36.3 Å². The van der Waals surface area contributed by atoms with Gasteiger partial charge in [-0.25, -0.2) is 9.78 Å². The number of carbonyl (C=O) groups is 1. The van der Waals surface area contributed by atoms with Crippen molar-refractivity contribution in [1.29, 1.82) is 0 Å². The van der Waals surface area contributed by atoms with Gasteiger partial charge in [0, 0.05) is 11.6 Å². The lowest BCUT2D eigenvalue weighted by molar-refractivity contribution is 0.0690. The highest BCUT2D eigenvalue weighted by atomic mass is 16.4. The Labute approximate surface area is 115 Å². The van der Waals surface area contributed by atoms with Crippen molar-refractivity contribution in [3.8, 4) is 11.3 Å². The molecule has 0 saturated heterocycles. The maximum absolute atomic E-state index is 10.8. The van der Waals surface area contributed by atoms with Gasteiger partial charge in [-0.05, 0) is 32.0 Å². The number of aromatic nitrogens is 4. The fourth-order valence-corrected chi connectivity index (χ4v) is 2.18. The summed E-state index contributed by atoms with van der Waals surface area (Å²) in [6, 6.07) is 7.67. The molecule has 2 N–H and O–H groups in total. The van der Waals surface area contributed by atoms with Crippen molar-refractivity contribution in [3.63, 3.8) is 0 Å². The summed E-state index contributed by atoms with van der Waals surface area (Å²) in [7, 11) is 0. The summed E-state index contributed by atoms with van der Waals surface area (Å²) >= 11 is 0. The Kier molecular flexibility index (Phi) is 2.78. The standard InChI is InChI=1S/C14H14N4O2/c1-8(2)18-7-15-11-5-9(3-4-13(11)18)10-6-12(14(19)20)17-16-10/h3-8H,1-2H3,(H,16,17)(H,19,20). The van der Waals surface area contributed by atoms with Gasteiger partial charge in [0.15, 0.2) is 0 Å². The van der Waals surface area contributed by atoms with Crippen molar-refractivity contribution >= 4 is 17.0 Å². The van der Waals surface area contributed by atoms with Crippen LogP contribution in [0.3, 0.4) is 0 Å². The lowest BCUT2D eigenvalue weighted by Gasteiger charge is -2.07. The number of nitrogens with zero attached hydrogens (tertiary/aromatic N) is 3. The van der Waals surface area contributed by atoms with E-state index in [1.54, 1.807) is 0 Å². The number of imidazole rings is 1. The van der Waals surface area contributed by atoms with E-state index in [1.807, 2.05) is 24.5 Å². The summed E-state index contributed by atoms with van der Waals surface area (Å²) < 4.78 is 2.09. The zero-order valence-electron chi connectivity index (χ0n) is 11.2.